The zero-order chi connectivity index (χ0) is 16.6. The third kappa shape index (κ3) is 2.49. The standard InChI is InChI=1S/C16H16N4O2S/c1-3-12(21)14-11-8-23-15(17)13(11)16(22)20(19-14)10-6-4-9(18-2)5-7-10/h4-8,18H,3,17H2,1-2H3. The number of aromatic nitrogens is 2. The van der Waals surface area contributed by atoms with E-state index in [0.717, 1.165) is 5.69 Å². The van der Waals surface area contributed by atoms with Crippen LogP contribution in [0.3, 0.4) is 0 Å². The molecule has 3 rings (SSSR count). The minimum Gasteiger partial charge on any atom is -0.390 e. The third-order valence-electron chi connectivity index (χ3n) is 3.67. The molecule has 3 N–H and O–H groups in total. The normalized spacial score (nSPS) is 10.9. The lowest BCUT2D eigenvalue weighted by Gasteiger charge is -2.09. The minimum atomic E-state index is -0.316. The van der Waals surface area contributed by atoms with Crippen molar-refractivity contribution in [1.29, 1.82) is 0 Å². The quantitative estimate of drug-likeness (QED) is 0.719. The monoisotopic (exact) mass is 328 g/mol. The van der Waals surface area contributed by atoms with Gasteiger partial charge in [-0.05, 0) is 24.3 Å². The van der Waals surface area contributed by atoms with Crippen LogP contribution in [-0.2, 0) is 0 Å². The average Bonchev–Trinajstić information content (AvgIpc) is 2.97. The second-order valence-corrected chi connectivity index (χ2v) is 5.94. The molecule has 0 aliphatic rings. The smallest absolute Gasteiger partial charge is 0.282 e. The molecule has 0 spiro atoms. The van der Waals surface area contributed by atoms with Crippen molar-refractivity contribution in [1.82, 2.24) is 9.78 Å². The molecular weight excluding hydrogens is 312 g/mol. The lowest BCUT2D eigenvalue weighted by molar-refractivity contribution is 0.0983. The molecule has 0 bridgehead atoms. The van der Waals surface area contributed by atoms with Gasteiger partial charge in [0.25, 0.3) is 5.56 Å². The summed E-state index contributed by atoms with van der Waals surface area (Å²) in [6.07, 6.45) is 0.314. The van der Waals surface area contributed by atoms with E-state index in [4.69, 9.17) is 5.73 Å². The van der Waals surface area contributed by atoms with Crippen LogP contribution < -0.4 is 16.6 Å². The highest BCUT2D eigenvalue weighted by molar-refractivity contribution is 7.15. The Morgan fingerprint density at radius 2 is 2.04 bits per heavy atom. The first-order chi connectivity index (χ1) is 11.1. The number of anilines is 2. The molecule has 6 nitrogen and oxygen atoms in total. The molecule has 0 saturated heterocycles. The Labute approximate surface area is 136 Å². The second-order valence-electron chi connectivity index (χ2n) is 5.03. The number of rotatable bonds is 4. The van der Waals surface area contributed by atoms with Gasteiger partial charge in [-0.15, -0.1) is 11.3 Å². The van der Waals surface area contributed by atoms with E-state index in [1.54, 1.807) is 24.4 Å². The lowest BCUT2D eigenvalue weighted by Crippen LogP contribution is -2.24. The van der Waals surface area contributed by atoms with Crippen molar-refractivity contribution < 1.29 is 4.79 Å². The Kier molecular flexibility index (Phi) is 3.87. The summed E-state index contributed by atoms with van der Waals surface area (Å²) in [5, 5.41) is 10.3. The van der Waals surface area contributed by atoms with Crippen LogP contribution in [-0.4, -0.2) is 22.6 Å². The summed E-state index contributed by atoms with van der Waals surface area (Å²) in [4.78, 5) is 24.9. The van der Waals surface area contributed by atoms with E-state index >= 15 is 0 Å². The fourth-order valence-corrected chi connectivity index (χ4v) is 3.18. The Morgan fingerprint density at radius 1 is 1.35 bits per heavy atom. The third-order valence-corrected chi connectivity index (χ3v) is 4.48. The minimum absolute atomic E-state index is 0.117. The number of fused-ring (bicyclic) bond motifs is 1. The Bertz CT molecular complexity index is 941. The first-order valence-corrected chi connectivity index (χ1v) is 8.06. The van der Waals surface area contributed by atoms with Gasteiger partial charge in [0.05, 0.1) is 16.1 Å². The molecule has 3 aromatic rings. The number of thiophene rings is 1. The Balaban J connectivity index is 2.31. The van der Waals surface area contributed by atoms with E-state index in [1.165, 1.54) is 16.0 Å². The number of hydrogen-bond acceptors (Lipinski definition) is 6. The van der Waals surface area contributed by atoms with Gasteiger partial charge in [-0.1, -0.05) is 6.92 Å². The summed E-state index contributed by atoms with van der Waals surface area (Å²) in [5.41, 5.74) is 7.41. The van der Waals surface area contributed by atoms with Gasteiger partial charge in [0, 0.05) is 29.9 Å². The van der Waals surface area contributed by atoms with Crippen LogP contribution in [0.4, 0.5) is 10.7 Å². The predicted molar refractivity (Wildman–Crippen MR) is 93.8 cm³/mol. The van der Waals surface area contributed by atoms with Crippen molar-refractivity contribution in [2.75, 3.05) is 18.1 Å². The van der Waals surface area contributed by atoms with Gasteiger partial charge in [-0.3, -0.25) is 9.59 Å². The summed E-state index contributed by atoms with van der Waals surface area (Å²) >= 11 is 1.25. The van der Waals surface area contributed by atoms with Crippen LogP contribution in [0.2, 0.25) is 0 Å². The second kappa shape index (κ2) is 5.85. The van der Waals surface area contributed by atoms with Crippen molar-refractivity contribution in [2.24, 2.45) is 0 Å². The summed E-state index contributed by atoms with van der Waals surface area (Å²) < 4.78 is 1.24. The van der Waals surface area contributed by atoms with E-state index in [-0.39, 0.29) is 17.0 Å². The van der Waals surface area contributed by atoms with E-state index in [0.29, 0.717) is 27.9 Å². The zero-order valence-electron chi connectivity index (χ0n) is 12.8. The molecule has 0 radical (unpaired) electrons. The van der Waals surface area contributed by atoms with Crippen molar-refractivity contribution in [3.63, 3.8) is 0 Å². The van der Waals surface area contributed by atoms with Crippen LogP contribution in [0.15, 0.2) is 34.4 Å². The number of nitrogens with one attached hydrogen (secondary N) is 1. The summed E-state index contributed by atoms with van der Waals surface area (Å²) in [6, 6.07) is 7.22. The summed E-state index contributed by atoms with van der Waals surface area (Å²) in [7, 11) is 1.82. The lowest BCUT2D eigenvalue weighted by atomic mass is 10.1. The van der Waals surface area contributed by atoms with Gasteiger partial charge < -0.3 is 11.1 Å². The van der Waals surface area contributed by atoms with Crippen LogP contribution in [0.25, 0.3) is 16.5 Å². The molecule has 0 amide bonds. The number of carbonyl (C=O) groups excluding carboxylic acids is 1. The molecule has 0 aliphatic heterocycles. The van der Waals surface area contributed by atoms with Gasteiger partial charge in [-0.2, -0.15) is 9.78 Å². The Hall–Kier alpha value is -2.67. The van der Waals surface area contributed by atoms with Crippen LogP contribution in [0.1, 0.15) is 23.8 Å². The molecule has 7 heteroatoms. The number of nitrogens with zero attached hydrogens (tertiary/aromatic N) is 2. The highest BCUT2D eigenvalue weighted by Gasteiger charge is 2.19. The molecule has 0 atom stereocenters. The van der Waals surface area contributed by atoms with Gasteiger partial charge in [0.2, 0.25) is 0 Å². The molecule has 0 saturated carbocycles. The first-order valence-electron chi connectivity index (χ1n) is 7.18. The van der Waals surface area contributed by atoms with Crippen molar-refractivity contribution in [2.45, 2.75) is 13.3 Å². The van der Waals surface area contributed by atoms with Crippen molar-refractivity contribution in [3.05, 3.63) is 45.7 Å². The molecule has 2 heterocycles. The first kappa shape index (κ1) is 15.2. The summed E-state index contributed by atoms with van der Waals surface area (Å²) in [6.45, 7) is 1.77. The average molecular weight is 328 g/mol. The predicted octanol–water partition coefficient (Wildman–Crippen LogP) is 2.66. The van der Waals surface area contributed by atoms with E-state index < -0.39 is 0 Å². The van der Waals surface area contributed by atoms with Gasteiger partial charge in [0.1, 0.15) is 5.69 Å². The number of benzene rings is 1. The number of nitrogen functional groups attached to an aromatic ring is 1. The molecule has 0 fully saturated rings. The summed E-state index contributed by atoms with van der Waals surface area (Å²) in [5.74, 6) is -0.117. The maximum atomic E-state index is 12.7. The van der Waals surface area contributed by atoms with Crippen LogP contribution in [0.5, 0.6) is 0 Å². The number of Topliss-reactive ketones (excluding diaryl/α,β-unsaturated/α-hetero) is 1. The molecule has 23 heavy (non-hydrogen) atoms. The highest BCUT2D eigenvalue weighted by atomic mass is 32.1. The number of nitrogens with two attached hydrogens (primary N) is 1. The van der Waals surface area contributed by atoms with E-state index in [2.05, 4.69) is 10.4 Å². The molecule has 0 unspecified atom stereocenters. The molecule has 1 aromatic carbocycles. The van der Waals surface area contributed by atoms with E-state index in [1.807, 2.05) is 19.2 Å². The largest absolute Gasteiger partial charge is 0.390 e. The SMILES string of the molecule is CCC(=O)c1nn(-c2ccc(NC)cc2)c(=O)c2c(N)scc12. The maximum Gasteiger partial charge on any atom is 0.282 e. The van der Waals surface area contributed by atoms with Crippen LogP contribution in [0, 0.1) is 0 Å². The fourth-order valence-electron chi connectivity index (χ4n) is 2.39. The number of carbonyl (C=O) groups is 1. The maximum absolute atomic E-state index is 12.7. The fraction of sp³-hybridized carbons (Fsp3) is 0.188. The van der Waals surface area contributed by atoms with Gasteiger partial charge in [-0.25, -0.2) is 0 Å². The van der Waals surface area contributed by atoms with Crippen molar-refractivity contribution >= 4 is 38.6 Å². The Morgan fingerprint density at radius 3 is 2.65 bits per heavy atom. The topological polar surface area (TPSA) is 90.0 Å². The zero-order valence-corrected chi connectivity index (χ0v) is 13.6. The van der Waals surface area contributed by atoms with Gasteiger partial charge >= 0.3 is 0 Å². The van der Waals surface area contributed by atoms with Crippen LogP contribution >= 0.6 is 11.3 Å². The van der Waals surface area contributed by atoms with Gasteiger partial charge in [0.15, 0.2) is 5.78 Å². The number of hydrogen-bond donors (Lipinski definition) is 2. The number of ketones is 1. The molecular formula is C16H16N4O2S. The molecule has 0 aliphatic carbocycles. The molecule has 118 valence electrons. The van der Waals surface area contributed by atoms with E-state index in [9.17, 15) is 9.59 Å². The highest BCUT2D eigenvalue weighted by Crippen LogP contribution is 2.28. The van der Waals surface area contributed by atoms with Crippen molar-refractivity contribution in [3.8, 4) is 5.69 Å². The molecule has 2 aromatic heterocycles.